The third-order valence-corrected chi connectivity index (χ3v) is 3.10. The van der Waals surface area contributed by atoms with Crippen LogP contribution in [0.25, 0.3) is 0 Å². The number of amides is 1. The van der Waals surface area contributed by atoms with Gasteiger partial charge in [0.15, 0.2) is 6.61 Å². The standard InChI is InChI=1S/C16H15F4N3O2/c17-15(18)16(19,20)9-25-14-6-5-12(8-22-14)23-13(24)7-10-1-3-11(21)4-2-10/h1-6,8,15H,7,9,21H2,(H,23,24). The van der Waals surface area contributed by atoms with Crippen LogP contribution in [0.5, 0.6) is 5.88 Å². The van der Waals surface area contributed by atoms with Gasteiger partial charge in [0.1, 0.15) is 0 Å². The fourth-order valence-electron chi connectivity index (χ4n) is 1.80. The number of nitrogens with one attached hydrogen (secondary N) is 1. The van der Waals surface area contributed by atoms with Gasteiger partial charge in [0.05, 0.1) is 18.3 Å². The molecule has 9 heteroatoms. The molecule has 1 aromatic carbocycles. The maximum atomic E-state index is 12.7. The molecule has 0 fully saturated rings. The van der Waals surface area contributed by atoms with Gasteiger partial charge in [0.2, 0.25) is 11.8 Å². The van der Waals surface area contributed by atoms with Gasteiger partial charge >= 0.3 is 12.3 Å². The number of hydrogen-bond donors (Lipinski definition) is 2. The fourth-order valence-corrected chi connectivity index (χ4v) is 1.80. The average Bonchev–Trinajstić information content (AvgIpc) is 2.56. The molecule has 0 aliphatic rings. The normalized spacial score (nSPS) is 11.4. The topological polar surface area (TPSA) is 77.2 Å². The van der Waals surface area contributed by atoms with Crippen LogP contribution in [0.15, 0.2) is 42.6 Å². The molecule has 134 valence electrons. The van der Waals surface area contributed by atoms with Crippen molar-refractivity contribution in [3.8, 4) is 5.88 Å². The number of carbonyl (C=O) groups is 1. The quantitative estimate of drug-likeness (QED) is 0.590. The maximum absolute atomic E-state index is 12.7. The Hall–Kier alpha value is -2.84. The third-order valence-electron chi connectivity index (χ3n) is 3.10. The smallest absolute Gasteiger partial charge is 0.340 e. The summed E-state index contributed by atoms with van der Waals surface area (Å²) in [5, 5.41) is 2.57. The molecular weight excluding hydrogens is 342 g/mol. The Morgan fingerprint density at radius 2 is 1.88 bits per heavy atom. The van der Waals surface area contributed by atoms with Gasteiger partial charge in [-0.2, -0.15) is 8.78 Å². The number of aromatic nitrogens is 1. The van der Waals surface area contributed by atoms with Gasteiger partial charge in [0, 0.05) is 11.8 Å². The van der Waals surface area contributed by atoms with Crippen molar-refractivity contribution in [2.75, 3.05) is 17.7 Å². The van der Waals surface area contributed by atoms with Crippen LogP contribution < -0.4 is 15.8 Å². The SMILES string of the molecule is Nc1ccc(CC(=O)Nc2ccc(OCC(F)(F)C(F)F)nc2)cc1. The molecule has 25 heavy (non-hydrogen) atoms. The molecule has 1 amide bonds. The zero-order valence-corrected chi connectivity index (χ0v) is 12.9. The molecule has 1 aromatic heterocycles. The zero-order chi connectivity index (χ0) is 18.4. The van der Waals surface area contributed by atoms with E-state index in [9.17, 15) is 22.4 Å². The van der Waals surface area contributed by atoms with Crippen LogP contribution in [0.1, 0.15) is 5.56 Å². The van der Waals surface area contributed by atoms with E-state index in [0.29, 0.717) is 11.4 Å². The van der Waals surface area contributed by atoms with Crippen molar-refractivity contribution in [2.45, 2.75) is 18.8 Å². The average molecular weight is 357 g/mol. The van der Waals surface area contributed by atoms with E-state index < -0.39 is 19.0 Å². The first-order valence-electron chi connectivity index (χ1n) is 7.15. The predicted octanol–water partition coefficient (Wildman–Crippen LogP) is 3.12. The number of hydrogen-bond acceptors (Lipinski definition) is 4. The van der Waals surface area contributed by atoms with Crippen LogP contribution in [0.2, 0.25) is 0 Å². The van der Waals surface area contributed by atoms with Gasteiger partial charge in [-0.3, -0.25) is 4.79 Å². The number of nitrogens with two attached hydrogens (primary N) is 1. The minimum atomic E-state index is -4.26. The van der Waals surface area contributed by atoms with Gasteiger partial charge in [-0.1, -0.05) is 12.1 Å². The Labute approximate surface area is 140 Å². The minimum absolute atomic E-state index is 0.110. The van der Waals surface area contributed by atoms with Crippen LogP contribution in [0, 0.1) is 0 Å². The summed E-state index contributed by atoms with van der Waals surface area (Å²) in [5.74, 6) is -4.82. The van der Waals surface area contributed by atoms with Gasteiger partial charge in [-0.25, -0.2) is 13.8 Å². The van der Waals surface area contributed by atoms with Crippen molar-refractivity contribution in [3.05, 3.63) is 48.2 Å². The van der Waals surface area contributed by atoms with Crippen LogP contribution in [0.3, 0.4) is 0 Å². The molecule has 0 aliphatic heterocycles. The Kier molecular flexibility index (Phi) is 5.79. The first kappa shape index (κ1) is 18.5. The lowest BCUT2D eigenvalue weighted by Gasteiger charge is -2.15. The van der Waals surface area contributed by atoms with Crippen LogP contribution >= 0.6 is 0 Å². The van der Waals surface area contributed by atoms with E-state index in [2.05, 4.69) is 15.0 Å². The van der Waals surface area contributed by atoms with Crippen molar-refractivity contribution in [1.82, 2.24) is 4.98 Å². The van der Waals surface area contributed by atoms with E-state index in [1.54, 1.807) is 24.3 Å². The van der Waals surface area contributed by atoms with E-state index >= 15 is 0 Å². The number of pyridine rings is 1. The highest BCUT2D eigenvalue weighted by Gasteiger charge is 2.41. The molecule has 0 aliphatic carbocycles. The monoisotopic (exact) mass is 357 g/mol. The first-order valence-corrected chi connectivity index (χ1v) is 7.15. The molecule has 0 atom stereocenters. The molecule has 0 bridgehead atoms. The Balaban J connectivity index is 1.87. The summed E-state index contributed by atoms with van der Waals surface area (Å²) in [5.41, 5.74) is 7.21. The summed E-state index contributed by atoms with van der Waals surface area (Å²) in [6, 6.07) is 9.33. The first-order chi connectivity index (χ1) is 11.8. The van der Waals surface area contributed by atoms with Crippen molar-refractivity contribution in [3.63, 3.8) is 0 Å². The number of carbonyl (C=O) groups excluding carboxylic acids is 1. The molecule has 0 spiro atoms. The van der Waals surface area contributed by atoms with Crippen LogP contribution in [-0.4, -0.2) is 29.8 Å². The fraction of sp³-hybridized carbons (Fsp3) is 0.250. The molecule has 0 saturated heterocycles. The lowest BCUT2D eigenvalue weighted by Crippen LogP contribution is -2.33. The van der Waals surface area contributed by atoms with E-state index in [0.717, 1.165) is 5.56 Å². The Morgan fingerprint density at radius 1 is 1.20 bits per heavy atom. The molecule has 2 rings (SSSR count). The Morgan fingerprint density at radius 3 is 2.44 bits per heavy atom. The van der Waals surface area contributed by atoms with E-state index in [-0.39, 0.29) is 18.2 Å². The second kappa shape index (κ2) is 7.82. The highest BCUT2D eigenvalue weighted by atomic mass is 19.3. The molecule has 1 heterocycles. The number of alkyl halides is 4. The molecule has 0 radical (unpaired) electrons. The van der Waals surface area contributed by atoms with E-state index in [1.165, 1.54) is 18.3 Å². The van der Waals surface area contributed by atoms with Gasteiger partial charge in [0.25, 0.3) is 0 Å². The number of halogens is 4. The van der Waals surface area contributed by atoms with Crippen LogP contribution in [-0.2, 0) is 11.2 Å². The second-order valence-corrected chi connectivity index (χ2v) is 5.20. The van der Waals surface area contributed by atoms with Crippen molar-refractivity contribution >= 4 is 17.3 Å². The Bertz CT molecular complexity index is 706. The summed E-state index contributed by atoms with van der Waals surface area (Å²) < 4.78 is 54.1. The molecule has 5 nitrogen and oxygen atoms in total. The summed E-state index contributed by atoms with van der Waals surface area (Å²) >= 11 is 0. The molecule has 0 unspecified atom stereocenters. The summed E-state index contributed by atoms with van der Waals surface area (Å²) in [7, 11) is 0. The molecule has 3 N–H and O–H groups in total. The van der Waals surface area contributed by atoms with Crippen molar-refractivity contribution in [2.24, 2.45) is 0 Å². The number of nitrogen functional groups attached to an aromatic ring is 1. The van der Waals surface area contributed by atoms with E-state index in [4.69, 9.17) is 5.73 Å². The molecule has 0 saturated carbocycles. The van der Waals surface area contributed by atoms with Gasteiger partial charge < -0.3 is 15.8 Å². The number of nitrogens with zero attached hydrogens (tertiary/aromatic N) is 1. The van der Waals surface area contributed by atoms with Crippen molar-refractivity contribution in [1.29, 1.82) is 0 Å². The third kappa shape index (κ3) is 5.63. The highest BCUT2D eigenvalue weighted by Crippen LogP contribution is 2.24. The lowest BCUT2D eigenvalue weighted by molar-refractivity contribution is -0.148. The number of benzene rings is 1. The van der Waals surface area contributed by atoms with Gasteiger partial charge in [-0.05, 0) is 23.8 Å². The van der Waals surface area contributed by atoms with Gasteiger partial charge in [-0.15, -0.1) is 0 Å². The van der Waals surface area contributed by atoms with E-state index in [1.807, 2.05) is 0 Å². The largest absolute Gasteiger partial charge is 0.471 e. The summed E-state index contributed by atoms with van der Waals surface area (Å²) in [6.45, 7) is -1.49. The number of rotatable bonds is 7. The predicted molar refractivity (Wildman–Crippen MR) is 83.9 cm³/mol. The molecule has 2 aromatic rings. The number of anilines is 2. The second-order valence-electron chi connectivity index (χ2n) is 5.20. The summed E-state index contributed by atoms with van der Waals surface area (Å²) in [6.07, 6.45) is -2.53. The number of ether oxygens (including phenoxy) is 1. The summed E-state index contributed by atoms with van der Waals surface area (Å²) in [4.78, 5) is 15.6. The van der Waals surface area contributed by atoms with Crippen LogP contribution in [0.4, 0.5) is 28.9 Å². The zero-order valence-electron chi connectivity index (χ0n) is 12.9. The maximum Gasteiger partial charge on any atom is 0.340 e. The molecular formula is C16H15F4N3O2. The minimum Gasteiger partial charge on any atom is -0.471 e. The van der Waals surface area contributed by atoms with Crippen molar-refractivity contribution < 1.29 is 27.1 Å². The highest BCUT2D eigenvalue weighted by molar-refractivity contribution is 5.92. The lowest BCUT2D eigenvalue weighted by atomic mass is 10.1.